The molecular formula is C35H33N3O4S. The Bertz CT molecular complexity index is 2050. The number of hydrogen-bond donors (Lipinski definition) is 0. The zero-order chi connectivity index (χ0) is 30.2. The third-order valence-electron chi connectivity index (χ3n) is 8.12. The summed E-state index contributed by atoms with van der Waals surface area (Å²) >= 11 is 1.33. The highest BCUT2D eigenvalue weighted by molar-refractivity contribution is 7.07. The van der Waals surface area contributed by atoms with Crippen molar-refractivity contribution < 1.29 is 14.3 Å². The highest BCUT2D eigenvalue weighted by Crippen LogP contribution is 2.38. The maximum atomic E-state index is 14.5. The van der Waals surface area contributed by atoms with Gasteiger partial charge in [0, 0.05) is 18.7 Å². The first kappa shape index (κ1) is 28.4. The van der Waals surface area contributed by atoms with Crippen molar-refractivity contribution in [2.75, 3.05) is 27.3 Å². The van der Waals surface area contributed by atoms with Crippen LogP contribution in [0.5, 0.6) is 11.5 Å². The molecule has 0 N–H and O–H groups in total. The smallest absolute Gasteiger partial charge is 0.271 e. The van der Waals surface area contributed by atoms with E-state index in [0.717, 1.165) is 27.1 Å². The molecule has 8 heteroatoms. The fraction of sp³-hybridized carbons (Fsp3) is 0.229. The topological polar surface area (TPSA) is 73.1 Å². The van der Waals surface area contributed by atoms with Gasteiger partial charge in [-0.15, -0.1) is 0 Å². The maximum absolute atomic E-state index is 14.5. The number of aromatic nitrogens is 1. The van der Waals surface area contributed by atoms with Gasteiger partial charge in [-0.1, -0.05) is 59.9 Å². The maximum Gasteiger partial charge on any atom is 0.271 e. The van der Waals surface area contributed by atoms with E-state index in [0.29, 0.717) is 50.8 Å². The molecule has 7 nitrogen and oxygen atoms in total. The van der Waals surface area contributed by atoms with Gasteiger partial charge in [0.1, 0.15) is 17.5 Å². The van der Waals surface area contributed by atoms with Crippen molar-refractivity contribution in [1.82, 2.24) is 9.47 Å². The summed E-state index contributed by atoms with van der Waals surface area (Å²) < 4.78 is 13.5. The number of hydrogen-bond acceptors (Lipinski definition) is 6. The van der Waals surface area contributed by atoms with Crippen LogP contribution in [0.1, 0.15) is 37.9 Å². The van der Waals surface area contributed by atoms with Gasteiger partial charge in [0.2, 0.25) is 0 Å². The Kier molecular flexibility index (Phi) is 7.62. The molecular weight excluding hydrogens is 558 g/mol. The van der Waals surface area contributed by atoms with Crippen molar-refractivity contribution >= 4 is 44.9 Å². The first-order valence-electron chi connectivity index (χ1n) is 14.3. The van der Waals surface area contributed by atoms with Crippen LogP contribution in [0.15, 0.2) is 93.9 Å². The van der Waals surface area contributed by atoms with Gasteiger partial charge in [-0.05, 0) is 78.2 Å². The molecule has 0 spiro atoms. The third-order valence-corrected chi connectivity index (χ3v) is 9.11. The van der Waals surface area contributed by atoms with Gasteiger partial charge in [0.15, 0.2) is 4.80 Å². The predicted octanol–water partition coefficient (Wildman–Crippen LogP) is 5.43. The van der Waals surface area contributed by atoms with Gasteiger partial charge in [-0.2, -0.15) is 0 Å². The Morgan fingerprint density at radius 2 is 1.60 bits per heavy atom. The van der Waals surface area contributed by atoms with Crippen LogP contribution in [0, 0.1) is 0 Å². The number of fused-ring (bicyclic) bond motifs is 3. The van der Waals surface area contributed by atoms with Crippen LogP contribution in [-0.4, -0.2) is 42.7 Å². The Balaban J connectivity index is 1.67. The molecule has 0 saturated carbocycles. The van der Waals surface area contributed by atoms with E-state index >= 15 is 0 Å². The van der Waals surface area contributed by atoms with Gasteiger partial charge in [0.05, 0.1) is 30.0 Å². The Morgan fingerprint density at radius 1 is 0.953 bits per heavy atom. The molecule has 0 saturated heterocycles. The van der Waals surface area contributed by atoms with E-state index in [9.17, 15) is 9.59 Å². The standard InChI is InChI=1S/C35H33N3O4S/c1-6-37(7-2)34(40)31-21(3)36-35-38(32(31)28-19-24(41-4)16-17-29(28)42-5)33(39)30(43-35)20-27-25-14-10-8-12-22(25)18-23-13-9-11-15-26(23)27/h8-20,32H,6-7H2,1-5H3/b30-20+/t32-/m1/s1. The van der Waals surface area contributed by atoms with Crippen LogP contribution in [-0.2, 0) is 4.79 Å². The lowest BCUT2D eigenvalue weighted by Gasteiger charge is -2.30. The van der Waals surface area contributed by atoms with Gasteiger partial charge >= 0.3 is 0 Å². The number of ether oxygens (including phenoxy) is 2. The summed E-state index contributed by atoms with van der Waals surface area (Å²) in [4.78, 5) is 35.6. The second-order valence-electron chi connectivity index (χ2n) is 10.4. The molecule has 0 aliphatic carbocycles. The average molecular weight is 592 g/mol. The van der Waals surface area contributed by atoms with Gasteiger partial charge in [0.25, 0.3) is 11.5 Å². The molecule has 5 aromatic rings. The number of allylic oxidation sites excluding steroid dienone is 1. The van der Waals surface area contributed by atoms with Gasteiger partial charge in [-0.3, -0.25) is 14.2 Å². The van der Waals surface area contributed by atoms with Crippen LogP contribution in [0.25, 0.3) is 27.6 Å². The molecule has 6 rings (SSSR count). The molecule has 1 amide bonds. The average Bonchev–Trinajstić information content (AvgIpc) is 3.34. The summed E-state index contributed by atoms with van der Waals surface area (Å²) in [6, 6.07) is 23.3. The molecule has 0 bridgehead atoms. The fourth-order valence-corrected chi connectivity index (χ4v) is 6.99. The molecule has 1 atom stereocenters. The summed E-state index contributed by atoms with van der Waals surface area (Å²) in [5.74, 6) is 1.000. The van der Waals surface area contributed by atoms with E-state index in [-0.39, 0.29) is 11.5 Å². The Hall–Kier alpha value is -4.69. The summed E-state index contributed by atoms with van der Waals surface area (Å²) in [6.45, 7) is 6.80. The number of amides is 1. The number of carbonyl (C=O) groups is 1. The van der Waals surface area contributed by atoms with Crippen LogP contribution in [0.4, 0.5) is 0 Å². The second-order valence-corrected chi connectivity index (χ2v) is 11.4. The number of thiazole rings is 1. The number of methoxy groups -OCH3 is 2. The van der Waals surface area contributed by atoms with Crippen molar-refractivity contribution in [2.24, 2.45) is 4.99 Å². The van der Waals surface area contributed by atoms with Gasteiger partial charge < -0.3 is 14.4 Å². The summed E-state index contributed by atoms with van der Waals surface area (Å²) in [6.07, 6.45) is 1.97. The van der Waals surface area contributed by atoms with Gasteiger partial charge in [-0.25, -0.2) is 4.99 Å². The predicted molar refractivity (Wildman–Crippen MR) is 173 cm³/mol. The minimum Gasteiger partial charge on any atom is -0.497 e. The van der Waals surface area contributed by atoms with Crippen molar-refractivity contribution in [2.45, 2.75) is 26.8 Å². The summed E-state index contributed by atoms with van der Waals surface area (Å²) in [5, 5.41) is 4.32. The molecule has 218 valence electrons. The lowest BCUT2D eigenvalue weighted by molar-refractivity contribution is -0.127. The SMILES string of the molecule is CCN(CC)C(=O)C1=C(C)N=c2s/c(=C/c3c4ccccc4cc4ccccc34)c(=O)n2[C@@H]1c1cc(OC)ccc1OC. The number of carbonyl (C=O) groups excluding carboxylic acids is 1. The van der Waals surface area contributed by atoms with E-state index in [2.05, 4.69) is 30.3 Å². The molecule has 43 heavy (non-hydrogen) atoms. The molecule has 0 radical (unpaired) electrons. The van der Waals surface area contributed by atoms with E-state index < -0.39 is 6.04 Å². The van der Waals surface area contributed by atoms with Crippen molar-refractivity contribution in [1.29, 1.82) is 0 Å². The first-order chi connectivity index (χ1) is 20.9. The zero-order valence-corrected chi connectivity index (χ0v) is 25.7. The van der Waals surface area contributed by atoms with Crippen LogP contribution in [0.2, 0.25) is 0 Å². The molecule has 0 unspecified atom stereocenters. The summed E-state index contributed by atoms with van der Waals surface area (Å²) in [7, 11) is 3.18. The van der Waals surface area contributed by atoms with Crippen LogP contribution < -0.4 is 24.4 Å². The third kappa shape index (κ3) is 4.81. The monoisotopic (exact) mass is 591 g/mol. The Labute approximate surface area is 253 Å². The minimum atomic E-state index is -0.749. The van der Waals surface area contributed by atoms with Crippen molar-refractivity contribution in [3.63, 3.8) is 0 Å². The first-order valence-corrected chi connectivity index (χ1v) is 15.2. The molecule has 1 aromatic heterocycles. The second kappa shape index (κ2) is 11.5. The molecule has 2 heterocycles. The zero-order valence-electron chi connectivity index (χ0n) is 24.9. The number of likely N-dealkylation sites (N-methyl/N-ethyl adjacent to an activating group) is 1. The minimum absolute atomic E-state index is 0.157. The molecule has 4 aromatic carbocycles. The highest BCUT2D eigenvalue weighted by Gasteiger charge is 2.36. The van der Waals surface area contributed by atoms with E-state index in [1.54, 1.807) is 35.8 Å². The largest absolute Gasteiger partial charge is 0.497 e. The van der Waals surface area contributed by atoms with E-state index in [1.165, 1.54) is 11.3 Å². The van der Waals surface area contributed by atoms with Crippen molar-refractivity contribution in [3.05, 3.63) is 115 Å². The molecule has 1 aliphatic rings. The van der Waals surface area contributed by atoms with Crippen molar-refractivity contribution in [3.8, 4) is 11.5 Å². The Morgan fingerprint density at radius 3 is 2.21 bits per heavy atom. The number of nitrogens with zero attached hydrogens (tertiary/aromatic N) is 3. The molecule has 0 fully saturated rings. The summed E-state index contributed by atoms with van der Waals surface area (Å²) in [5.41, 5.74) is 2.45. The number of rotatable bonds is 7. The lowest BCUT2D eigenvalue weighted by atomic mass is 9.93. The highest BCUT2D eigenvalue weighted by atomic mass is 32.1. The fourth-order valence-electron chi connectivity index (χ4n) is 5.96. The quantitative estimate of drug-likeness (QED) is 0.237. The number of benzene rings is 4. The lowest BCUT2D eigenvalue weighted by Crippen LogP contribution is -2.43. The van der Waals surface area contributed by atoms with E-state index in [1.807, 2.05) is 57.2 Å². The normalized spacial score (nSPS) is 15.0. The van der Waals surface area contributed by atoms with Crippen LogP contribution in [0.3, 0.4) is 0 Å². The van der Waals surface area contributed by atoms with E-state index in [4.69, 9.17) is 14.5 Å². The van der Waals surface area contributed by atoms with Crippen LogP contribution >= 0.6 is 11.3 Å². The molecule has 1 aliphatic heterocycles.